The molecule has 1 aromatic carbocycles. The topological polar surface area (TPSA) is 44.2 Å². The molecule has 0 aliphatic heterocycles. The monoisotopic (exact) mass is 306 g/mol. The molecule has 0 radical (unpaired) electrons. The van der Waals surface area contributed by atoms with Gasteiger partial charge in [0.15, 0.2) is 0 Å². The third-order valence-electron chi connectivity index (χ3n) is 3.45. The lowest BCUT2D eigenvalue weighted by atomic mass is 10.1. The quantitative estimate of drug-likeness (QED) is 0.693. The molecule has 0 amide bonds. The molecule has 0 N–H and O–H groups in total. The molecule has 0 aliphatic rings. The lowest BCUT2D eigenvalue weighted by Gasteiger charge is -2.07. The molecule has 0 spiro atoms. The number of methoxy groups -OCH3 is 1. The van der Waals surface area contributed by atoms with Gasteiger partial charge in [-0.05, 0) is 54.1 Å². The van der Waals surface area contributed by atoms with E-state index in [2.05, 4.69) is 9.97 Å². The van der Waals surface area contributed by atoms with Gasteiger partial charge >= 0.3 is 0 Å². The molecule has 0 bridgehead atoms. The van der Waals surface area contributed by atoms with Crippen LogP contribution in [-0.4, -0.2) is 17.1 Å². The van der Waals surface area contributed by atoms with Crippen molar-refractivity contribution in [3.8, 4) is 17.0 Å². The Morgan fingerprint density at radius 1 is 0.870 bits per heavy atom. The van der Waals surface area contributed by atoms with Gasteiger partial charge in [0.25, 0.3) is 0 Å². The molecule has 0 atom stereocenters. The lowest BCUT2D eigenvalue weighted by molar-refractivity contribution is 0.104. The molecule has 3 aromatic rings. The molecule has 0 saturated heterocycles. The molecule has 4 heteroatoms. The van der Waals surface area contributed by atoms with Crippen LogP contribution in [0.3, 0.4) is 0 Å². The van der Waals surface area contributed by atoms with Gasteiger partial charge in [-0.25, -0.2) is 0 Å². The van der Waals surface area contributed by atoms with Crippen molar-refractivity contribution >= 4 is 0 Å². The predicted molar refractivity (Wildman–Crippen MR) is 89.0 cm³/mol. The van der Waals surface area contributed by atoms with Crippen LogP contribution < -0.4 is 4.74 Å². The Morgan fingerprint density at radius 2 is 1.74 bits per heavy atom. The molecular weight excluding hydrogens is 288 g/mol. The smallest absolute Gasteiger partial charge is 0.118 e. The van der Waals surface area contributed by atoms with Crippen LogP contribution in [0, 0.1) is 0 Å². The van der Waals surface area contributed by atoms with Crippen molar-refractivity contribution in [3.63, 3.8) is 0 Å². The van der Waals surface area contributed by atoms with Crippen LogP contribution in [-0.2, 0) is 18.0 Å². The highest BCUT2D eigenvalue weighted by molar-refractivity contribution is 5.60. The van der Waals surface area contributed by atoms with E-state index in [0.29, 0.717) is 13.2 Å². The summed E-state index contributed by atoms with van der Waals surface area (Å²) in [6.45, 7) is 1.03. The zero-order chi connectivity index (χ0) is 15.9. The number of pyridine rings is 2. The van der Waals surface area contributed by atoms with Gasteiger partial charge in [-0.3, -0.25) is 9.97 Å². The maximum atomic E-state index is 5.72. The normalized spacial score (nSPS) is 10.5. The average molecular weight is 306 g/mol. The number of ether oxygens (including phenoxy) is 2. The molecule has 23 heavy (non-hydrogen) atoms. The van der Waals surface area contributed by atoms with E-state index < -0.39 is 0 Å². The third-order valence-corrected chi connectivity index (χ3v) is 3.45. The van der Waals surface area contributed by atoms with Gasteiger partial charge in [-0.15, -0.1) is 0 Å². The maximum Gasteiger partial charge on any atom is 0.118 e. The van der Waals surface area contributed by atoms with Gasteiger partial charge in [0.1, 0.15) is 5.75 Å². The minimum Gasteiger partial charge on any atom is -0.497 e. The fourth-order valence-electron chi connectivity index (χ4n) is 2.24. The lowest BCUT2D eigenvalue weighted by Crippen LogP contribution is -1.97. The van der Waals surface area contributed by atoms with Crippen molar-refractivity contribution in [2.75, 3.05) is 7.11 Å². The second-order valence-corrected chi connectivity index (χ2v) is 5.09. The molecule has 0 saturated carbocycles. The first-order chi connectivity index (χ1) is 11.3. The van der Waals surface area contributed by atoms with Crippen LogP contribution in [0.4, 0.5) is 0 Å². The summed E-state index contributed by atoms with van der Waals surface area (Å²) in [4.78, 5) is 8.66. The third kappa shape index (κ3) is 4.14. The van der Waals surface area contributed by atoms with Crippen LogP contribution in [0.25, 0.3) is 11.3 Å². The van der Waals surface area contributed by atoms with E-state index in [1.54, 1.807) is 19.5 Å². The van der Waals surface area contributed by atoms with E-state index in [9.17, 15) is 0 Å². The zero-order valence-corrected chi connectivity index (χ0v) is 13.0. The van der Waals surface area contributed by atoms with Crippen LogP contribution in [0.5, 0.6) is 5.75 Å². The predicted octanol–water partition coefficient (Wildman–Crippen LogP) is 3.87. The number of rotatable bonds is 6. The molecule has 0 aliphatic carbocycles. The molecule has 116 valence electrons. The molecule has 3 rings (SSSR count). The Morgan fingerprint density at radius 3 is 2.48 bits per heavy atom. The summed E-state index contributed by atoms with van der Waals surface area (Å²) in [6, 6.07) is 17.7. The van der Waals surface area contributed by atoms with Gasteiger partial charge in [0.05, 0.1) is 31.7 Å². The molecular formula is C19H18N2O2. The summed E-state index contributed by atoms with van der Waals surface area (Å²) in [5.74, 6) is 0.837. The van der Waals surface area contributed by atoms with Crippen molar-refractivity contribution in [2.45, 2.75) is 13.2 Å². The zero-order valence-electron chi connectivity index (χ0n) is 13.0. The van der Waals surface area contributed by atoms with Gasteiger partial charge in [0, 0.05) is 18.0 Å². The minimum absolute atomic E-state index is 0.501. The van der Waals surface area contributed by atoms with Crippen LogP contribution in [0.1, 0.15) is 11.3 Å². The summed E-state index contributed by atoms with van der Waals surface area (Å²) in [5, 5.41) is 0. The Hall–Kier alpha value is -2.72. The van der Waals surface area contributed by atoms with Crippen molar-refractivity contribution in [2.24, 2.45) is 0 Å². The van der Waals surface area contributed by atoms with Crippen LogP contribution in [0.15, 0.2) is 67.0 Å². The van der Waals surface area contributed by atoms with E-state index in [4.69, 9.17) is 9.47 Å². The summed E-state index contributed by atoms with van der Waals surface area (Å²) in [5.41, 5.74) is 3.99. The second-order valence-electron chi connectivity index (χ2n) is 5.09. The van der Waals surface area contributed by atoms with Crippen LogP contribution >= 0.6 is 0 Å². The van der Waals surface area contributed by atoms with Gasteiger partial charge < -0.3 is 9.47 Å². The molecule has 2 aromatic heterocycles. The first kappa shape index (κ1) is 15.2. The van der Waals surface area contributed by atoms with Gasteiger partial charge in [-0.1, -0.05) is 6.07 Å². The molecule has 2 heterocycles. The Balaban J connectivity index is 1.64. The largest absolute Gasteiger partial charge is 0.497 e. The summed E-state index contributed by atoms with van der Waals surface area (Å²) < 4.78 is 10.9. The SMILES string of the molecule is COc1ccc(-c2cc(COCc3ccccn3)ccn2)cc1. The standard InChI is InChI=1S/C19H18N2O2/c1-22-18-7-5-16(6-8-18)19-12-15(9-11-21-19)13-23-14-17-4-2-3-10-20-17/h2-12H,13-14H2,1H3. The van der Waals surface area contributed by atoms with E-state index >= 15 is 0 Å². The van der Waals surface area contributed by atoms with Crippen molar-refractivity contribution in [3.05, 3.63) is 78.2 Å². The Labute approximate surface area is 135 Å². The van der Waals surface area contributed by atoms with Crippen molar-refractivity contribution < 1.29 is 9.47 Å². The average Bonchev–Trinajstić information content (AvgIpc) is 2.63. The highest BCUT2D eigenvalue weighted by atomic mass is 16.5. The van der Waals surface area contributed by atoms with Crippen molar-refractivity contribution in [1.29, 1.82) is 0 Å². The van der Waals surface area contributed by atoms with E-state index in [1.165, 1.54) is 0 Å². The summed E-state index contributed by atoms with van der Waals surface area (Å²) >= 11 is 0. The maximum absolute atomic E-state index is 5.72. The number of aromatic nitrogens is 2. The minimum atomic E-state index is 0.501. The first-order valence-electron chi connectivity index (χ1n) is 7.42. The highest BCUT2D eigenvalue weighted by Crippen LogP contribution is 2.21. The molecule has 0 unspecified atom stereocenters. The first-order valence-corrected chi connectivity index (χ1v) is 7.42. The number of nitrogens with zero attached hydrogens (tertiary/aromatic N) is 2. The van der Waals surface area contributed by atoms with E-state index in [-0.39, 0.29) is 0 Å². The summed E-state index contributed by atoms with van der Waals surface area (Å²) in [7, 11) is 1.66. The molecule has 4 nitrogen and oxygen atoms in total. The van der Waals surface area contributed by atoms with Crippen molar-refractivity contribution in [1.82, 2.24) is 9.97 Å². The number of benzene rings is 1. The number of hydrogen-bond donors (Lipinski definition) is 0. The van der Waals surface area contributed by atoms with E-state index in [1.807, 2.05) is 54.6 Å². The highest BCUT2D eigenvalue weighted by Gasteiger charge is 2.02. The van der Waals surface area contributed by atoms with E-state index in [0.717, 1.165) is 28.3 Å². The number of hydrogen-bond acceptors (Lipinski definition) is 4. The Bertz CT molecular complexity index is 743. The fourth-order valence-corrected chi connectivity index (χ4v) is 2.24. The fraction of sp³-hybridized carbons (Fsp3) is 0.158. The Kier molecular flexibility index (Phi) is 4.96. The van der Waals surface area contributed by atoms with Gasteiger partial charge in [-0.2, -0.15) is 0 Å². The summed E-state index contributed by atoms with van der Waals surface area (Å²) in [6.07, 6.45) is 3.58. The second kappa shape index (κ2) is 7.51. The van der Waals surface area contributed by atoms with Gasteiger partial charge in [0.2, 0.25) is 0 Å². The van der Waals surface area contributed by atoms with Crippen LogP contribution in [0.2, 0.25) is 0 Å². The molecule has 0 fully saturated rings.